The second-order valence-corrected chi connectivity index (χ2v) is 6.50. The number of anilines is 3. The summed E-state index contributed by atoms with van der Waals surface area (Å²) >= 11 is 1.96. The summed E-state index contributed by atoms with van der Waals surface area (Å²) in [7, 11) is 1.45. The minimum absolute atomic E-state index is 0.0366. The van der Waals surface area contributed by atoms with Gasteiger partial charge in [-0.25, -0.2) is 9.98 Å². The number of pyridine rings is 1. The standard InChI is InChI=1S/C16H13IN8O2/c1-27-8-3-2-6(10(17)13(8)26)12-9-11(20)7(4-18)14(21)24-15(9)25-16(23-12)22-5-19/h2-3,12,26H,1H3,(H6,20,21,22,23,24,25). The number of nitrogen functional groups attached to an aromatic ring is 2. The Kier molecular flexibility index (Phi) is 4.79. The van der Waals surface area contributed by atoms with Crippen LogP contribution in [-0.4, -0.2) is 23.2 Å². The summed E-state index contributed by atoms with van der Waals surface area (Å²) in [5, 5.41) is 33.9. The van der Waals surface area contributed by atoms with E-state index in [1.807, 2.05) is 28.7 Å². The van der Waals surface area contributed by atoms with Crippen LogP contribution in [0.5, 0.6) is 11.5 Å². The Hall–Kier alpha value is -3.45. The third-order valence-corrected chi connectivity index (χ3v) is 5.11. The summed E-state index contributed by atoms with van der Waals surface area (Å²) < 4.78 is 5.60. The molecule has 10 nitrogen and oxygen atoms in total. The average Bonchev–Trinajstić information content (AvgIpc) is 2.63. The van der Waals surface area contributed by atoms with E-state index in [0.717, 1.165) is 0 Å². The number of aromatic nitrogens is 1. The van der Waals surface area contributed by atoms with Crippen LogP contribution in [0.4, 0.5) is 17.3 Å². The fraction of sp³-hybridized carbons (Fsp3) is 0.125. The summed E-state index contributed by atoms with van der Waals surface area (Å²) in [5.41, 5.74) is 13.2. The topological polar surface area (TPSA) is 178 Å². The number of methoxy groups -OCH3 is 1. The third-order valence-electron chi connectivity index (χ3n) is 3.98. The van der Waals surface area contributed by atoms with Crippen molar-refractivity contribution in [2.24, 2.45) is 4.99 Å². The molecule has 1 aromatic carbocycles. The maximum Gasteiger partial charge on any atom is 0.211 e. The van der Waals surface area contributed by atoms with Gasteiger partial charge in [-0.05, 0) is 34.2 Å². The number of aliphatic imine (C=N–C) groups is 1. The molecule has 3 rings (SSSR count). The van der Waals surface area contributed by atoms with Gasteiger partial charge >= 0.3 is 0 Å². The van der Waals surface area contributed by atoms with Gasteiger partial charge in [0.05, 0.1) is 16.4 Å². The van der Waals surface area contributed by atoms with Gasteiger partial charge < -0.3 is 26.6 Å². The first kappa shape index (κ1) is 18.3. The molecule has 1 unspecified atom stereocenters. The highest BCUT2D eigenvalue weighted by Crippen LogP contribution is 2.44. The number of nitrogens with zero attached hydrogens (tertiary/aromatic N) is 4. The minimum Gasteiger partial charge on any atom is -0.504 e. The van der Waals surface area contributed by atoms with Crippen molar-refractivity contribution in [3.8, 4) is 23.8 Å². The maximum absolute atomic E-state index is 10.4. The summed E-state index contributed by atoms with van der Waals surface area (Å²) in [4.78, 5) is 8.64. The molecule has 0 saturated carbocycles. The van der Waals surface area contributed by atoms with Crippen molar-refractivity contribution in [3.63, 3.8) is 0 Å². The van der Waals surface area contributed by atoms with Gasteiger partial charge in [-0.2, -0.15) is 10.5 Å². The number of nitrogens with two attached hydrogens (primary N) is 2. The molecule has 0 amide bonds. The first-order valence-electron chi connectivity index (χ1n) is 7.47. The molecule has 2 aromatic rings. The van der Waals surface area contributed by atoms with Crippen molar-refractivity contribution in [1.29, 1.82) is 10.5 Å². The Morgan fingerprint density at radius 2 is 2.11 bits per heavy atom. The van der Waals surface area contributed by atoms with Crippen LogP contribution < -0.4 is 26.8 Å². The second kappa shape index (κ2) is 7.05. The van der Waals surface area contributed by atoms with Crippen LogP contribution in [0.15, 0.2) is 17.1 Å². The summed E-state index contributed by atoms with van der Waals surface area (Å²) in [6.07, 6.45) is 1.78. The zero-order valence-electron chi connectivity index (χ0n) is 13.9. The first-order valence-corrected chi connectivity index (χ1v) is 8.55. The van der Waals surface area contributed by atoms with Crippen molar-refractivity contribution in [1.82, 2.24) is 10.3 Å². The van der Waals surface area contributed by atoms with Crippen LogP contribution >= 0.6 is 22.6 Å². The molecule has 11 heteroatoms. The van der Waals surface area contributed by atoms with Gasteiger partial charge in [0.25, 0.3) is 0 Å². The van der Waals surface area contributed by atoms with E-state index in [9.17, 15) is 10.4 Å². The Morgan fingerprint density at radius 1 is 1.37 bits per heavy atom. The highest BCUT2D eigenvalue weighted by molar-refractivity contribution is 14.1. The van der Waals surface area contributed by atoms with Crippen molar-refractivity contribution in [3.05, 3.63) is 32.4 Å². The Balaban J connectivity index is 2.29. The number of rotatable bonds is 2. The molecular weight excluding hydrogens is 463 g/mol. The molecule has 0 radical (unpaired) electrons. The van der Waals surface area contributed by atoms with E-state index >= 15 is 0 Å². The van der Waals surface area contributed by atoms with Crippen LogP contribution in [0, 0.1) is 26.4 Å². The second-order valence-electron chi connectivity index (χ2n) is 5.42. The highest BCUT2D eigenvalue weighted by atomic mass is 127. The summed E-state index contributed by atoms with van der Waals surface area (Å²) in [6, 6.07) is 4.51. The monoisotopic (exact) mass is 476 g/mol. The molecular formula is C16H13IN8O2. The molecule has 1 aliphatic rings. The molecule has 136 valence electrons. The van der Waals surface area contributed by atoms with Crippen LogP contribution in [0.25, 0.3) is 0 Å². The number of phenolic OH excluding ortho intramolecular Hbond substituents is 1. The Bertz CT molecular complexity index is 1050. The fourth-order valence-corrected chi connectivity index (χ4v) is 3.48. The number of aromatic hydroxyl groups is 1. The zero-order valence-corrected chi connectivity index (χ0v) is 16.1. The van der Waals surface area contributed by atoms with E-state index in [2.05, 4.69) is 20.6 Å². The first-order chi connectivity index (χ1) is 12.9. The highest BCUT2D eigenvalue weighted by Gasteiger charge is 2.31. The SMILES string of the molecule is COc1ccc(C2N=C(NC#N)Nc3nc(N)c(C#N)c(N)c32)c(I)c1O. The van der Waals surface area contributed by atoms with Crippen LogP contribution in [0.2, 0.25) is 0 Å². The van der Waals surface area contributed by atoms with Crippen LogP contribution in [0.3, 0.4) is 0 Å². The predicted octanol–water partition coefficient (Wildman–Crippen LogP) is 1.38. The van der Waals surface area contributed by atoms with Crippen molar-refractivity contribution in [2.75, 3.05) is 23.9 Å². The third kappa shape index (κ3) is 2.98. The maximum atomic E-state index is 10.4. The van der Waals surface area contributed by atoms with E-state index in [1.165, 1.54) is 7.11 Å². The summed E-state index contributed by atoms with van der Waals surface area (Å²) in [5.74, 6) is 0.622. The molecule has 1 aliphatic heterocycles. The molecule has 2 heterocycles. The van der Waals surface area contributed by atoms with E-state index < -0.39 is 6.04 Å². The largest absolute Gasteiger partial charge is 0.504 e. The van der Waals surface area contributed by atoms with Gasteiger partial charge in [0.1, 0.15) is 29.3 Å². The lowest BCUT2D eigenvalue weighted by Gasteiger charge is -2.27. The van der Waals surface area contributed by atoms with Crippen LogP contribution in [0.1, 0.15) is 22.7 Å². The number of hydrogen-bond acceptors (Lipinski definition) is 10. The molecule has 0 aliphatic carbocycles. The minimum atomic E-state index is -0.735. The molecule has 0 fully saturated rings. The molecule has 0 saturated heterocycles. The van der Waals surface area contributed by atoms with Crippen molar-refractivity contribution in [2.45, 2.75) is 6.04 Å². The number of nitriles is 2. The number of nitrogens with one attached hydrogen (secondary N) is 2. The van der Waals surface area contributed by atoms with Gasteiger partial charge in [0.2, 0.25) is 5.96 Å². The number of phenols is 1. The van der Waals surface area contributed by atoms with E-state index in [-0.39, 0.29) is 34.6 Å². The molecule has 0 bridgehead atoms. The molecule has 27 heavy (non-hydrogen) atoms. The average molecular weight is 476 g/mol. The number of ether oxygens (including phenoxy) is 1. The lowest BCUT2D eigenvalue weighted by Crippen LogP contribution is -2.33. The van der Waals surface area contributed by atoms with Crippen molar-refractivity contribution >= 4 is 45.9 Å². The predicted molar refractivity (Wildman–Crippen MR) is 107 cm³/mol. The van der Waals surface area contributed by atoms with Gasteiger partial charge in [0, 0.05) is 5.56 Å². The quantitative estimate of drug-likeness (QED) is 0.243. The molecule has 1 aromatic heterocycles. The lowest BCUT2D eigenvalue weighted by atomic mass is 9.95. The van der Waals surface area contributed by atoms with E-state index in [4.69, 9.17) is 21.5 Å². The fourth-order valence-electron chi connectivity index (χ4n) is 2.74. The lowest BCUT2D eigenvalue weighted by molar-refractivity contribution is 0.371. The number of halogens is 1. The number of guanidine groups is 1. The smallest absolute Gasteiger partial charge is 0.211 e. The molecule has 7 N–H and O–H groups in total. The molecule has 0 spiro atoms. The van der Waals surface area contributed by atoms with Gasteiger partial charge in [-0.1, -0.05) is 6.07 Å². The van der Waals surface area contributed by atoms with Crippen molar-refractivity contribution < 1.29 is 9.84 Å². The van der Waals surface area contributed by atoms with E-state index in [0.29, 0.717) is 20.4 Å². The Labute approximate surface area is 167 Å². The normalized spacial score (nSPS) is 14.8. The number of fused-ring (bicyclic) bond motifs is 1. The molecule has 1 atom stereocenters. The number of benzene rings is 1. The van der Waals surface area contributed by atoms with Crippen LogP contribution in [-0.2, 0) is 0 Å². The number of hydrogen-bond donors (Lipinski definition) is 5. The van der Waals surface area contributed by atoms with Gasteiger partial charge in [0.15, 0.2) is 17.7 Å². The van der Waals surface area contributed by atoms with E-state index in [1.54, 1.807) is 18.3 Å². The summed E-state index contributed by atoms with van der Waals surface area (Å²) in [6.45, 7) is 0. The van der Waals surface area contributed by atoms with Gasteiger partial charge in [-0.3, -0.25) is 5.32 Å². The van der Waals surface area contributed by atoms with Gasteiger partial charge in [-0.15, -0.1) is 0 Å². The zero-order chi connectivity index (χ0) is 19.7. The Morgan fingerprint density at radius 3 is 2.74 bits per heavy atom.